The number of ketones is 1. The molecule has 0 saturated heterocycles. The summed E-state index contributed by atoms with van der Waals surface area (Å²) in [5.41, 5.74) is -1.30. The molecule has 0 radical (unpaired) electrons. The van der Waals surface area contributed by atoms with E-state index in [1.54, 1.807) is 0 Å². The fraction of sp³-hybridized carbons (Fsp3) is 0.333. The molecule has 7 nitrogen and oxygen atoms in total. The van der Waals surface area contributed by atoms with E-state index in [9.17, 15) is 24.1 Å². The monoisotopic (exact) mass is 390 g/mol. The fourth-order valence-electron chi connectivity index (χ4n) is 2.08. The summed E-state index contributed by atoms with van der Waals surface area (Å²) in [6, 6.07) is -0.256. The largest absolute Gasteiger partial charge is 0.460 e. The molecule has 0 heterocycles. The SMILES string of the molecule is C=CC(=O)OCC(NC1CC1)C(=O)c1cc(F)c(Cl)c([N+](=O)[O-])c1Cl. The smallest absolute Gasteiger partial charge is 0.330 e. The number of benzene rings is 1. The summed E-state index contributed by atoms with van der Waals surface area (Å²) in [5, 5.41) is 12.6. The number of esters is 1. The van der Waals surface area contributed by atoms with Crippen molar-refractivity contribution in [2.24, 2.45) is 0 Å². The highest BCUT2D eigenvalue weighted by Crippen LogP contribution is 2.37. The van der Waals surface area contributed by atoms with Gasteiger partial charge in [-0.05, 0) is 18.9 Å². The highest BCUT2D eigenvalue weighted by molar-refractivity contribution is 6.40. The van der Waals surface area contributed by atoms with Gasteiger partial charge in [-0.25, -0.2) is 9.18 Å². The number of ether oxygens (including phenoxy) is 1. The van der Waals surface area contributed by atoms with Gasteiger partial charge in [-0.1, -0.05) is 29.8 Å². The molecule has 134 valence electrons. The van der Waals surface area contributed by atoms with Crippen molar-refractivity contribution >= 4 is 40.6 Å². The molecule has 25 heavy (non-hydrogen) atoms. The molecule has 1 aromatic rings. The second-order valence-electron chi connectivity index (χ2n) is 5.33. The summed E-state index contributed by atoms with van der Waals surface area (Å²) in [7, 11) is 0. The van der Waals surface area contributed by atoms with E-state index < -0.39 is 49.8 Å². The van der Waals surface area contributed by atoms with Gasteiger partial charge in [0.05, 0.1) is 4.92 Å². The molecule has 1 atom stereocenters. The number of hydrogen-bond donors (Lipinski definition) is 1. The van der Waals surface area contributed by atoms with Crippen LogP contribution in [0.3, 0.4) is 0 Å². The first-order valence-electron chi connectivity index (χ1n) is 7.17. The maximum Gasteiger partial charge on any atom is 0.330 e. The van der Waals surface area contributed by atoms with Gasteiger partial charge in [0.1, 0.15) is 23.5 Å². The van der Waals surface area contributed by atoms with Crippen LogP contribution in [-0.2, 0) is 9.53 Å². The summed E-state index contributed by atoms with van der Waals surface area (Å²) >= 11 is 11.5. The highest BCUT2D eigenvalue weighted by Gasteiger charge is 2.34. The van der Waals surface area contributed by atoms with Crippen molar-refractivity contribution in [3.05, 3.63) is 50.3 Å². The van der Waals surface area contributed by atoms with Gasteiger partial charge < -0.3 is 10.1 Å². The third kappa shape index (κ3) is 4.53. The number of halogens is 3. The lowest BCUT2D eigenvalue weighted by Crippen LogP contribution is -2.42. The minimum Gasteiger partial charge on any atom is -0.460 e. The van der Waals surface area contributed by atoms with Gasteiger partial charge in [0.15, 0.2) is 10.8 Å². The van der Waals surface area contributed by atoms with Crippen LogP contribution in [-0.4, -0.2) is 35.4 Å². The molecule has 0 bridgehead atoms. The van der Waals surface area contributed by atoms with Crippen LogP contribution in [0.2, 0.25) is 10.0 Å². The lowest BCUT2D eigenvalue weighted by atomic mass is 10.0. The number of carbonyl (C=O) groups excluding carboxylic acids is 2. The molecule has 1 aliphatic carbocycles. The average Bonchev–Trinajstić information content (AvgIpc) is 3.37. The lowest BCUT2D eigenvalue weighted by Gasteiger charge is -2.18. The van der Waals surface area contributed by atoms with Crippen LogP contribution in [0.1, 0.15) is 23.2 Å². The zero-order chi connectivity index (χ0) is 18.7. The van der Waals surface area contributed by atoms with Crippen LogP contribution in [0.4, 0.5) is 10.1 Å². The number of nitrogens with one attached hydrogen (secondary N) is 1. The first-order chi connectivity index (χ1) is 11.8. The molecule has 0 amide bonds. The Bertz CT molecular complexity index is 752. The van der Waals surface area contributed by atoms with Crippen molar-refractivity contribution in [1.29, 1.82) is 0 Å². The Balaban J connectivity index is 2.35. The van der Waals surface area contributed by atoms with E-state index in [2.05, 4.69) is 11.9 Å². The summed E-state index contributed by atoms with van der Waals surface area (Å²) in [6.07, 6.45) is 2.57. The minimum absolute atomic E-state index is 0.0438. The van der Waals surface area contributed by atoms with Crippen molar-refractivity contribution in [3.8, 4) is 0 Å². The van der Waals surface area contributed by atoms with Gasteiger partial charge in [0.25, 0.3) is 0 Å². The predicted molar refractivity (Wildman–Crippen MR) is 88.5 cm³/mol. The Morgan fingerprint density at radius 1 is 1.48 bits per heavy atom. The molecule has 0 aliphatic heterocycles. The first-order valence-corrected chi connectivity index (χ1v) is 7.93. The van der Waals surface area contributed by atoms with Crippen molar-refractivity contribution < 1.29 is 23.6 Å². The number of nitrogens with zero attached hydrogens (tertiary/aromatic N) is 1. The quantitative estimate of drug-likeness (QED) is 0.183. The van der Waals surface area contributed by atoms with Crippen LogP contribution in [0.15, 0.2) is 18.7 Å². The van der Waals surface area contributed by atoms with Gasteiger partial charge in [0, 0.05) is 17.7 Å². The topological polar surface area (TPSA) is 98.5 Å². The van der Waals surface area contributed by atoms with E-state index in [1.807, 2.05) is 0 Å². The number of Topliss-reactive ketones (excluding diaryl/α,β-unsaturated/α-hetero) is 1. The molecule has 1 fully saturated rings. The maximum atomic E-state index is 13.9. The predicted octanol–water partition coefficient (Wildman–Crippen LogP) is 3.07. The molecular weight excluding hydrogens is 378 g/mol. The molecule has 2 rings (SSSR count). The molecule has 1 aromatic carbocycles. The summed E-state index contributed by atoms with van der Waals surface area (Å²) in [6.45, 7) is 2.89. The molecule has 1 unspecified atom stereocenters. The van der Waals surface area contributed by atoms with Crippen LogP contribution in [0.5, 0.6) is 0 Å². The van der Waals surface area contributed by atoms with Gasteiger partial charge >= 0.3 is 11.7 Å². The van der Waals surface area contributed by atoms with Crippen LogP contribution < -0.4 is 5.32 Å². The second-order valence-corrected chi connectivity index (χ2v) is 6.09. The second kappa shape index (κ2) is 7.90. The van der Waals surface area contributed by atoms with Gasteiger partial charge in [0.2, 0.25) is 0 Å². The van der Waals surface area contributed by atoms with Crippen molar-refractivity contribution in [1.82, 2.24) is 5.32 Å². The van der Waals surface area contributed by atoms with E-state index in [0.717, 1.165) is 25.0 Å². The number of nitro benzene ring substituents is 1. The Labute approximate surface area is 151 Å². The summed E-state index contributed by atoms with van der Waals surface area (Å²) in [4.78, 5) is 34.0. The van der Waals surface area contributed by atoms with Crippen molar-refractivity contribution in [2.75, 3.05) is 6.61 Å². The van der Waals surface area contributed by atoms with E-state index in [0.29, 0.717) is 0 Å². The molecule has 0 spiro atoms. The molecule has 1 aliphatic rings. The zero-order valence-electron chi connectivity index (χ0n) is 12.8. The standard InChI is InChI=1S/C15H13Cl2FN2O5/c1-2-11(21)25-6-10(19-7-3-4-7)15(22)8-5-9(18)13(17)14(12(8)16)20(23)24/h2,5,7,10,19H,1,3-4,6H2. The Kier molecular flexibility index (Phi) is 6.10. The Morgan fingerprint density at radius 2 is 2.12 bits per heavy atom. The molecule has 1 N–H and O–H groups in total. The normalized spacial score (nSPS) is 14.7. The number of nitro groups is 1. The van der Waals surface area contributed by atoms with Gasteiger partial charge in [-0.15, -0.1) is 0 Å². The fourth-order valence-corrected chi connectivity index (χ4v) is 2.65. The van der Waals surface area contributed by atoms with Crippen LogP contribution in [0, 0.1) is 15.9 Å². The van der Waals surface area contributed by atoms with E-state index >= 15 is 0 Å². The molecule has 1 saturated carbocycles. The third-order valence-electron chi connectivity index (χ3n) is 3.47. The number of hydrogen-bond acceptors (Lipinski definition) is 6. The molecule has 10 heteroatoms. The van der Waals surface area contributed by atoms with Gasteiger partial charge in [-0.2, -0.15) is 0 Å². The highest BCUT2D eigenvalue weighted by atomic mass is 35.5. The summed E-state index contributed by atoms with van der Waals surface area (Å²) < 4.78 is 18.7. The summed E-state index contributed by atoms with van der Waals surface area (Å²) in [5.74, 6) is -2.63. The Morgan fingerprint density at radius 3 is 2.64 bits per heavy atom. The van der Waals surface area contributed by atoms with Gasteiger partial charge in [-0.3, -0.25) is 14.9 Å². The Hall–Kier alpha value is -2.03. The zero-order valence-corrected chi connectivity index (χ0v) is 14.3. The van der Waals surface area contributed by atoms with Crippen LogP contribution >= 0.6 is 23.2 Å². The average molecular weight is 391 g/mol. The molecule has 0 aromatic heterocycles. The molecular formula is C15H13Cl2FN2O5. The lowest BCUT2D eigenvalue weighted by molar-refractivity contribution is -0.384. The number of carbonyl (C=O) groups is 2. The van der Waals surface area contributed by atoms with Crippen molar-refractivity contribution in [3.63, 3.8) is 0 Å². The van der Waals surface area contributed by atoms with E-state index in [-0.39, 0.29) is 12.6 Å². The van der Waals surface area contributed by atoms with E-state index in [1.165, 1.54) is 0 Å². The number of rotatable bonds is 8. The van der Waals surface area contributed by atoms with E-state index in [4.69, 9.17) is 27.9 Å². The maximum absolute atomic E-state index is 13.9. The van der Waals surface area contributed by atoms with Crippen molar-refractivity contribution in [2.45, 2.75) is 24.9 Å². The first kappa shape index (κ1) is 19.3. The van der Waals surface area contributed by atoms with Crippen LogP contribution in [0.25, 0.3) is 0 Å². The minimum atomic E-state index is -1.14. The third-order valence-corrected chi connectivity index (χ3v) is 4.21.